The van der Waals surface area contributed by atoms with Gasteiger partial charge in [-0.15, -0.1) is 0 Å². The van der Waals surface area contributed by atoms with Crippen molar-refractivity contribution in [2.75, 3.05) is 0 Å². The van der Waals surface area contributed by atoms with Gasteiger partial charge in [0, 0.05) is 5.92 Å². The Bertz CT molecular complexity index is 374. The number of unbranched alkanes of at least 4 members (excludes halogenated alkanes) is 3. The highest BCUT2D eigenvalue weighted by Gasteiger charge is 2.33. The van der Waals surface area contributed by atoms with Gasteiger partial charge in [0.2, 0.25) is 0 Å². The second kappa shape index (κ2) is 6.94. The summed E-state index contributed by atoms with van der Waals surface area (Å²) in [7, 11) is 0. The van der Waals surface area contributed by atoms with Crippen molar-refractivity contribution in [1.29, 1.82) is 0 Å². The van der Waals surface area contributed by atoms with Crippen molar-refractivity contribution in [3.8, 4) is 0 Å². The first kappa shape index (κ1) is 12.2. The molecule has 1 aliphatic rings. The number of hydrogen-bond donors (Lipinski definition) is 1. The quantitative estimate of drug-likeness (QED) is 0.733. The van der Waals surface area contributed by atoms with Crippen molar-refractivity contribution in [1.82, 2.24) is 0 Å². The zero-order valence-electron chi connectivity index (χ0n) is 12.4. The molecule has 1 aliphatic carbocycles. The smallest absolute Gasteiger partial charge is 0.0611 e. The van der Waals surface area contributed by atoms with Gasteiger partial charge < -0.3 is 5.11 Å². The standard InChI is InChI=1S/C17H26O/c1-2-3-4-6-9-14-12-16(17(18)13-14)15-10-7-5-8-11-15/h5,7-8,10-11,14,16-18H,2-4,6,9,12-13H2,1H3/t14-,16+,17?/m0/s1/i17D. The molecule has 1 fully saturated rings. The molecule has 3 atom stereocenters. The summed E-state index contributed by atoms with van der Waals surface area (Å²) in [6, 6.07) is 10.1. The van der Waals surface area contributed by atoms with Crippen LogP contribution >= 0.6 is 0 Å². The van der Waals surface area contributed by atoms with Gasteiger partial charge in [-0.05, 0) is 24.3 Å². The Morgan fingerprint density at radius 2 is 1.94 bits per heavy atom. The molecule has 2 rings (SSSR count). The Labute approximate surface area is 113 Å². The van der Waals surface area contributed by atoms with Crippen molar-refractivity contribution in [3.05, 3.63) is 35.9 Å². The van der Waals surface area contributed by atoms with E-state index in [-0.39, 0.29) is 5.92 Å². The lowest BCUT2D eigenvalue weighted by molar-refractivity contribution is 0.159. The largest absolute Gasteiger partial charge is 0.392 e. The number of aliphatic hydroxyl groups is 1. The molecule has 1 N–H and O–H groups in total. The first-order chi connectivity index (χ1) is 9.13. The van der Waals surface area contributed by atoms with E-state index in [0.717, 1.165) is 12.0 Å². The number of benzene rings is 1. The van der Waals surface area contributed by atoms with E-state index in [9.17, 15) is 5.11 Å². The van der Waals surface area contributed by atoms with Crippen LogP contribution in [0.2, 0.25) is 0 Å². The summed E-state index contributed by atoms with van der Waals surface area (Å²) in [4.78, 5) is 0. The fourth-order valence-electron chi connectivity index (χ4n) is 3.08. The third-order valence-electron chi connectivity index (χ3n) is 4.14. The molecule has 1 unspecified atom stereocenters. The Morgan fingerprint density at radius 1 is 1.17 bits per heavy atom. The average molecular weight is 247 g/mol. The molecule has 1 aromatic carbocycles. The Morgan fingerprint density at radius 3 is 2.67 bits per heavy atom. The van der Waals surface area contributed by atoms with E-state index >= 15 is 0 Å². The van der Waals surface area contributed by atoms with Crippen LogP contribution in [0.25, 0.3) is 0 Å². The van der Waals surface area contributed by atoms with Crippen molar-refractivity contribution < 1.29 is 6.48 Å². The van der Waals surface area contributed by atoms with Crippen LogP contribution in [0.5, 0.6) is 0 Å². The molecule has 0 saturated heterocycles. The van der Waals surface area contributed by atoms with E-state index < -0.39 is 6.08 Å². The SMILES string of the molecule is [2H]C1(O)C[C@@H](CCCCCC)C[C@@H]1c1ccccc1. The van der Waals surface area contributed by atoms with Crippen LogP contribution in [0.15, 0.2) is 30.3 Å². The Hall–Kier alpha value is -0.820. The third kappa shape index (κ3) is 3.58. The van der Waals surface area contributed by atoms with E-state index in [4.69, 9.17) is 1.37 Å². The molecular formula is C17H26O. The normalized spacial score (nSPS) is 32.4. The summed E-state index contributed by atoms with van der Waals surface area (Å²) in [6.07, 6.45) is 6.62. The van der Waals surface area contributed by atoms with Gasteiger partial charge in [0.1, 0.15) is 0 Å². The third-order valence-corrected chi connectivity index (χ3v) is 4.14. The van der Waals surface area contributed by atoms with Gasteiger partial charge in [0.25, 0.3) is 0 Å². The lowest BCUT2D eigenvalue weighted by atomic mass is 9.93. The minimum atomic E-state index is -1.27. The molecule has 18 heavy (non-hydrogen) atoms. The maximum absolute atomic E-state index is 10.3. The first-order valence-corrected chi connectivity index (χ1v) is 7.41. The zero-order chi connectivity index (χ0) is 13.7. The summed E-state index contributed by atoms with van der Waals surface area (Å²) >= 11 is 0. The van der Waals surface area contributed by atoms with Gasteiger partial charge in [-0.3, -0.25) is 0 Å². The lowest BCUT2D eigenvalue weighted by Crippen LogP contribution is -2.10. The molecule has 0 radical (unpaired) electrons. The topological polar surface area (TPSA) is 20.2 Å². The molecule has 1 heteroatoms. The van der Waals surface area contributed by atoms with E-state index in [1.807, 2.05) is 30.3 Å². The van der Waals surface area contributed by atoms with Gasteiger partial charge in [-0.1, -0.05) is 69.4 Å². The molecule has 1 saturated carbocycles. The summed E-state index contributed by atoms with van der Waals surface area (Å²) in [6.45, 7) is 2.23. The molecular weight excluding hydrogens is 220 g/mol. The molecule has 0 aromatic heterocycles. The predicted molar refractivity (Wildman–Crippen MR) is 76.7 cm³/mol. The van der Waals surface area contributed by atoms with Gasteiger partial charge in [-0.25, -0.2) is 0 Å². The Kier molecular flexibility index (Phi) is 4.71. The van der Waals surface area contributed by atoms with Crippen molar-refractivity contribution in [3.63, 3.8) is 0 Å². The summed E-state index contributed by atoms with van der Waals surface area (Å²) in [5.74, 6) is 0.509. The second-order valence-corrected chi connectivity index (χ2v) is 5.61. The molecule has 1 aromatic rings. The average Bonchev–Trinajstić information content (AvgIpc) is 2.71. The zero-order valence-corrected chi connectivity index (χ0v) is 11.4. The van der Waals surface area contributed by atoms with E-state index in [2.05, 4.69) is 6.92 Å². The fourth-order valence-corrected chi connectivity index (χ4v) is 3.08. The number of hydrogen-bond acceptors (Lipinski definition) is 1. The monoisotopic (exact) mass is 247 g/mol. The van der Waals surface area contributed by atoms with E-state index in [1.54, 1.807) is 0 Å². The summed E-state index contributed by atoms with van der Waals surface area (Å²) in [5, 5.41) is 10.3. The molecule has 100 valence electrons. The number of rotatable bonds is 6. The van der Waals surface area contributed by atoms with Crippen molar-refractivity contribution in [2.24, 2.45) is 5.92 Å². The maximum atomic E-state index is 10.3. The summed E-state index contributed by atoms with van der Waals surface area (Å²) < 4.78 is 8.18. The van der Waals surface area contributed by atoms with E-state index in [1.165, 1.54) is 32.1 Å². The van der Waals surface area contributed by atoms with Crippen LogP contribution in [-0.4, -0.2) is 11.2 Å². The lowest BCUT2D eigenvalue weighted by Gasteiger charge is -2.14. The van der Waals surface area contributed by atoms with Crippen LogP contribution in [-0.2, 0) is 0 Å². The Balaban J connectivity index is 1.92. The van der Waals surface area contributed by atoms with Crippen LogP contribution in [0.4, 0.5) is 0 Å². The molecule has 0 spiro atoms. The fraction of sp³-hybridized carbons (Fsp3) is 0.647. The van der Waals surface area contributed by atoms with Crippen LogP contribution in [0.3, 0.4) is 0 Å². The minimum Gasteiger partial charge on any atom is -0.392 e. The van der Waals surface area contributed by atoms with Gasteiger partial charge in [0.15, 0.2) is 0 Å². The minimum absolute atomic E-state index is 0.00937. The highest BCUT2D eigenvalue weighted by atomic mass is 16.3. The predicted octanol–water partition coefficient (Wildman–Crippen LogP) is 4.51. The van der Waals surface area contributed by atoms with Gasteiger partial charge in [-0.2, -0.15) is 0 Å². The molecule has 0 heterocycles. The molecule has 0 bridgehead atoms. The molecule has 1 nitrogen and oxygen atoms in total. The van der Waals surface area contributed by atoms with Gasteiger partial charge >= 0.3 is 0 Å². The second-order valence-electron chi connectivity index (χ2n) is 5.61. The highest BCUT2D eigenvalue weighted by molar-refractivity contribution is 5.22. The highest BCUT2D eigenvalue weighted by Crippen LogP contribution is 2.40. The molecule has 0 amide bonds. The van der Waals surface area contributed by atoms with Crippen molar-refractivity contribution >= 4 is 0 Å². The van der Waals surface area contributed by atoms with Crippen LogP contribution in [0.1, 0.15) is 64.7 Å². The first-order valence-electron chi connectivity index (χ1n) is 7.91. The van der Waals surface area contributed by atoms with Crippen LogP contribution in [0, 0.1) is 5.92 Å². The van der Waals surface area contributed by atoms with Crippen LogP contribution < -0.4 is 0 Å². The van der Waals surface area contributed by atoms with Gasteiger partial charge in [0.05, 0.1) is 7.45 Å². The molecule has 0 aliphatic heterocycles. The van der Waals surface area contributed by atoms with E-state index in [0.29, 0.717) is 12.3 Å². The maximum Gasteiger partial charge on any atom is 0.0611 e. The van der Waals surface area contributed by atoms with Crippen molar-refractivity contribution in [2.45, 2.75) is 63.9 Å². The summed E-state index contributed by atoms with van der Waals surface area (Å²) in [5.41, 5.74) is 1.12.